The molecule has 1 saturated heterocycles. The summed E-state index contributed by atoms with van der Waals surface area (Å²) in [5, 5.41) is 18.1. The Bertz CT molecular complexity index is 860. The molecule has 5 rings (SSSR count). The largest absolute Gasteiger partial charge is 0.507 e. The van der Waals surface area contributed by atoms with Gasteiger partial charge in [-0.15, -0.1) is 0 Å². The van der Waals surface area contributed by atoms with E-state index in [0.29, 0.717) is 48.4 Å². The Kier molecular flexibility index (Phi) is 4.59. The second-order valence-electron chi connectivity index (χ2n) is 8.41. The van der Waals surface area contributed by atoms with Crippen LogP contribution in [0.25, 0.3) is 0 Å². The molecule has 0 radical (unpaired) electrons. The molecule has 3 aliphatic rings. The monoisotopic (exact) mass is 381 g/mol. The van der Waals surface area contributed by atoms with Gasteiger partial charge in [-0.3, -0.25) is 9.48 Å². The van der Waals surface area contributed by atoms with Gasteiger partial charge in [-0.25, -0.2) is 0 Å². The zero-order valence-corrected chi connectivity index (χ0v) is 16.0. The zero-order chi connectivity index (χ0) is 19.1. The lowest BCUT2D eigenvalue weighted by atomic mass is 9.53. The summed E-state index contributed by atoms with van der Waals surface area (Å²) in [6.45, 7) is 2.66. The molecule has 2 heterocycles. The molecule has 2 N–H and O–H groups in total. The number of phenols is 1. The number of hydrogen-bond acceptors (Lipinski definition) is 5. The van der Waals surface area contributed by atoms with Crippen LogP contribution in [0.4, 0.5) is 0 Å². The average Bonchev–Trinajstić information content (AvgIpc) is 3.09. The Morgan fingerprint density at radius 2 is 2.14 bits per heavy atom. The fraction of sp³-hybridized carbons (Fsp3) is 0.545. The van der Waals surface area contributed by atoms with Gasteiger partial charge in [0.05, 0.1) is 18.2 Å². The van der Waals surface area contributed by atoms with Crippen LogP contribution in [-0.2, 0) is 0 Å². The molecule has 0 bridgehead atoms. The van der Waals surface area contributed by atoms with Crippen molar-refractivity contribution in [1.82, 2.24) is 15.1 Å². The first-order valence-corrected chi connectivity index (χ1v) is 10.4. The van der Waals surface area contributed by atoms with E-state index < -0.39 is 0 Å². The number of benzene rings is 1. The van der Waals surface area contributed by atoms with Crippen molar-refractivity contribution >= 4 is 6.29 Å². The summed E-state index contributed by atoms with van der Waals surface area (Å²) in [5.74, 6) is 2.53. The summed E-state index contributed by atoms with van der Waals surface area (Å²) in [7, 11) is 0. The third-order valence-corrected chi connectivity index (χ3v) is 7.11. The van der Waals surface area contributed by atoms with Crippen molar-refractivity contribution in [3.05, 3.63) is 41.7 Å². The Hall–Kier alpha value is -2.34. The highest BCUT2D eigenvalue weighted by atomic mass is 16.5. The third kappa shape index (κ3) is 2.82. The third-order valence-electron chi connectivity index (χ3n) is 7.11. The van der Waals surface area contributed by atoms with Gasteiger partial charge < -0.3 is 15.2 Å². The van der Waals surface area contributed by atoms with Crippen molar-refractivity contribution in [2.75, 3.05) is 19.7 Å². The Morgan fingerprint density at radius 3 is 2.93 bits per heavy atom. The van der Waals surface area contributed by atoms with Gasteiger partial charge in [0.2, 0.25) is 0 Å². The molecule has 2 aromatic rings. The number of nitrogens with one attached hydrogen (secondary N) is 1. The van der Waals surface area contributed by atoms with Crippen molar-refractivity contribution in [2.24, 2.45) is 17.8 Å². The van der Waals surface area contributed by atoms with Gasteiger partial charge in [0, 0.05) is 23.7 Å². The van der Waals surface area contributed by atoms with E-state index in [0.717, 1.165) is 19.5 Å². The number of fused-ring (bicyclic) bond motifs is 1. The molecule has 148 valence electrons. The van der Waals surface area contributed by atoms with E-state index >= 15 is 0 Å². The highest BCUT2D eigenvalue weighted by Crippen LogP contribution is 2.55. The molecule has 2 aliphatic carbocycles. The highest BCUT2D eigenvalue weighted by Gasteiger charge is 2.53. The lowest BCUT2D eigenvalue weighted by Crippen LogP contribution is -2.56. The van der Waals surface area contributed by atoms with E-state index in [1.807, 2.05) is 6.20 Å². The number of phenolic OH excluding ortho intramolecular Hbond substituents is 1. The summed E-state index contributed by atoms with van der Waals surface area (Å²) in [4.78, 5) is 11.4. The maximum Gasteiger partial charge on any atom is 0.157 e. The van der Waals surface area contributed by atoms with E-state index in [4.69, 9.17) is 4.74 Å². The topological polar surface area (TPSA) is 76.4 Å². The van der Waals surface area contributed by atoms with Crippen LogP contribution < -0.4 is 10.1 Å². The molecule has 6 nitrogen and oxygen atoms in total. The summed E-state index contributed by atoms with van der Waals surface area (Å²) >= 11 is 0. The first-order chi connectivity index (χ1) is 13.8. The quantitative estimate of drug-likeness (QED) is 0.752. The van der Waals surface area contributed by atoms with Crippen LogP contribution in [0.1, 0.15) is 53.7 Å². The molecule has 3 fully saturated rings. The summed E-state index contributed by atoms with van der Waals surface area (Å²) in [6, 6.07) is 7.73. The maximum atomic E-state index is 11.4. The number of ether oxygens (including phenoxy) is 1. The van der Waals surface area contributed by atoms with Crippen molar-refractivity contribution in [2.45, 2.75) is 37.6 Å². The first-order valence-electron chi connectivity index (χ1n) is 10.4. The Balaban J connectivity index is 1.38. The lowest BCUT2D eigenvalue weighted by molar-refractivity contribution is -0.0267. The Labute approximate surface area is 164 Å². The van der Waals surface area contributed by atoms with Crippen LogP contribution in [0.15, 0.2) is 30.5 Å². The van der Waals surface area contributed by atoms with Gasteiger partial charge in [-0.1, -0.05) is 6.07 Å². The molecule has 6 heteroatoms. The maximum absolute atomic E-state index is 11.4. The summed E-state index contributed by atoms with van der Waals surface area (Å²) in [5.41, 5.74) is 1.58. The van der Waals surface area contributed by atoms with Gasteiger partial charge in [0.25, 0.3) is 0 Å². The van der Waals surface area contributed by atoms with E-state index in [9.17, 15) is 9.90 Å². The molecule has 0 amide bonds. The number of piperidine rings is 1. The first kappa shape index (κ1) is 17.7. The normalized spacial score (nSPS) is 29.4. The fourth-order valence-corrected chi connectivity index (χ4v) is 5.42. The van der Waals surface area contributed by atoms with Crippen LogP contribution in [0.2, 0.25) is 0 Å². The van der Waals surface area contributed by atoms with Crippen LogP contribution in [0.3, 0.4) is 0 Å². The van der Waals surface area contributed by atoms with Crippen LogP contribution >= 0.6 is 0 Å². The standard InChI is InChI=1S/C22H27N3O3/c26-12-17-20(27)5-2-6-21(17)28-13-18-15-7-9-23-11-16(15)22(18)19-8-10-24-25(19)14-3-1-4-14/h2,5-6,8,10,12,14-16,18,22-23,27H,1,3-4,7,9,11,13H2/t15-,16?,18?,22?/m1/s1. The number of rotatable bonds is 6. The predicted octanol–water partition coefficient (Wildman–Crippen LogP) is 3.14. The highest BCUT2D eigenvalue weighted by molar-refractivity contribution is 5.83. The molecule has 4 atom stereocenters. The minimum Gasteiger partial charge on any atom is -0.507 e. The molecule has 3 unspecified atom stereocenters. The second-order valence-corrected chi connectivity index (χ2v) is 8.41. The van der Waals surface area contributed by atoms with E-state index in [1.54, 1.807) is 12.1 Å². The number of carbonyl (C=O) groups is 1. The van der Waals surface area contributed by atoms with Crippen molar-refractivity contribution in [3.8, 4) is 11.5 Å². The summed E-state index contributed by atoms with van der Waals surface area (Å²) < 4.78 is 8.35. The molecular weight excluding hydrogens is 354 g/mol. The van der Waals surface area contributed by atoms with Gasteiger partial charge >= 0.3 is 0 Å². The number of aromatic hydroxyl groups is 1. The van der Waals surface area contributed by atoms with Gasteiger partial charge in [0.1, 0.15) is 11.5 Å². The lowest BCUT2D eigenvalue weighted by Gasteiger charge is -2.55. The van der Waals surface area contributed by atoms with Gasteiger partial charge in [0.15, 0.2) is 6.29 Å². The second kappa shape index (κ2) is 7.24. The van der Waals surface area contributed by atoms with E-state index in [-0.39, 0.29) is 11.3 Å². The van der Waals surface area contributed by atoms with E-state index in [1.165, 1.54) is 31.0 Å². The Morgan fingerprint density at radius 1 is 1.25 bits per heavy atom. The van der Waals surface area contributed by atoms with Crippen molar-refractivity contribution in [3.63, 3.8) is 0 Å². The number of carbonyl (C=O) groups excluding carboxylic acids is 1. The van der Waals surface area contributed by atoms with Crippen LogP contribution in [0.5, 0.6) is 11.5 Å². The number of nitrogens with zero attached hydrogens (tertiary/aromatic N) is 2. The van der Waals surface area contributed by atoms with Gasteiger partial charge in [-0.05, 0) is 68.8 Å². The van der Waals surface area contributed by atoms with Crippen LogP contribution in [0, 0.1) is 17.8 Å². The molecule has 0 spiro atoms. The minimum atomic E-state index is -0.0273. The van der Waals surface area contributed by atoms with Gasteiger partial charge in [-0.2, -0.15) is 5.10 Å². The number of aldehydes is 1. The van der Waals surface area contributed by atoms with Crippen molar-refractivity contribution < 1.29 is 14.6 Å². The molecule has 1 aliphatic heterocycles. The zero-order valence-electron chi connectivity index (χ0n) is 16.0. The van der Waals surface area contributed by atoms with E-state index in [2.05, 4.69) is 21.2 Å². The minimum absolute atomic E-state index is 0.0273. The fourth-order valence-electron chi connectivity index (χ4n) is 5.42. The molecular formula is C22H27N3O3. The SMILES string of the molecule is O=Cc1c(O)cccc1OCC1C(c2ccnn2C2CCC2)C2CNCC[C@H]21. The smallest absolute Gasteiger partial charge is 0.157 e. The molecule has 1 aromatic carbocycles. The van der Waals surface area contributed by atoms with Crippen molar-refractivity contribution in [1.29, 1.82) is 0 Å². The van der Waals surface area contributed by atoms with Crippen LogP contribution in [-0.4, -0.2) is 40.9 Å². The summed E-state index contributed by atoms with van der Waals surface area (Å²) in [6.07, 6.45) is 7.51. The number of hydrogen-bond donors (Lipinski definition) is 2. The number of aromatic nitrogens is 2. The molecule has 2 saturated carbocycles. The molecule has 1 aromatic heterocycles. The predicted molar refractivity (Wildman–Crippen MR) is 105 cm³/mol. The molecule has 28 heavy (non-hydrogen) atoms. The average molecular weight is 381 g/mol.